The van der Waals surface area contributed by atoms with Crippen LogP contribution in [0.3, 0.4) is 0 Å². The zero-order valence-corrected chi connectivity index (χ0v) is 18.6. The summed E-state index contributed by atoms with van der Waals surface area (Å²) in [5, 5.41) is 16.6. The highest BCUT2D eigenvalue weighted by atomic mass is 16.7. The molecule has 0 bridgehead atoms. The van der Waals surface area contributed by atoms with Gasteiger partial charge < -0.3 is 29.4 Å². The van der Waals surface area contributed by atoms with Crippen LogP contribution in [0.15, 0.2) is 60.3 Å². The second-order valence-corrected chi connectivity index (χ2v) is 8.13. The van der Waals surface area contributed by atoms with E-state index < -0.39 is 23.7 Å². The summed E-state index contributed by atoms with van der Waals surface area (Å²) in [6.45, 7) is 3.06. The van der Waals surface area contributed by atoms with Crippen molar-refractivity contribution in [1.82, 2.24) is 9.78 Å². The van der Waals surface area contributed by atoms with Gasteiger partial charge in [-0.3, -0.25) is 0 Å². The Morgan fingerprint density at radius 3 is 2.40 bits per heavy atom. The van der Waals surface area contributed by atoms with Crippen LogP contribution in [0.1, 0.15) is 24.3 Å². The lowest BCUT2D eigenvalue weighted by atomic mass is 10.1. The van der Waals surface area contributed by atoms with Crippen LogP contribution in [0.25, 0.3) is 16.9 Å². The van der Waals surface area contributed by atoms with Crippen LogP contribution in [-0.2, 0) is 19.1 Å². The Kier molecular flexibility index (Phi) is 5.16. The lowest BCUT2D eigenvalue weighted by molar-refractivity contribution is -0.222. The quantitative estimate of drug-likeness (QED) is 0.320. The zero-order valence-electron chi connectivity index (χ0n) is 18.6. The first-order chi connectivity index (χ1) is 16.7. The van der Waals surface area contributed by atoms with Crippen molar-refractivity contribution >= 4 is 23.6 Å². The lowest BCUT2D eigenvalue weighted by Crippen LogP contribution is -2.42. The van der Waals surface area contributed by atoms with Crippen molar-refractivity contribution in [3.8, 4) is 28.4 Å². The van der Waals surface area contributed by atoms with E-state index in [0.717, 1.165) is 0 Å². The summed E-state index contributed by atoms with van der Waals surface area (Å²) < 4.78 is 22.4. The third kappa shape index (κ3) is 4.26. The van der Waals surface area contributed by atoms with Gasteiger partial charge in [0.25, 0.3) is 5.79 Å². The number of nitrogens with one attached hydrogen (secondary N) is 1. The molecule has 0 unspecified atom stereocenters. The van der Waals surface area contributed by atoms with Crippen molar-refractivity contribution in [2.24, 2.45) is 0 Å². The first-order valence-corrected chi connectivity index (χ1v) is 10.5. The molecule has 0 atom stereocenters. The standard InChI is InChI=1S/C24H19N3O8/c1-24(2)34-22(30)16(23(31)35-24)11-25-14-4-6-15(7-5-14)27-18(10-17(26-27)21(28)29)13-3-8-19-20(9-13)33-12-32-19/h3-11,25H,12H2,1-2H3,(H,28,29). The fraction of sp³-hybridized carbons (Fsp3) is 0.167. The summed E-state index contributed by atoms with van der Waals surface area (Å²) in [4.78, 5) is 35.7. The van der Waals surface area contributed by atoms with Gasteiger partial charge in [-0.2, -0.15) is 5.10 Å². The molecule has 1 fully saturated rings. The molecule has 0 radical (unpaired) electrons. The molecule has 11 nitrogen and oxygen atoms in total. The van der Waals surface area contributed by atoms with E-state index in [1.165, 1.54) is 30.8 Å². The van der Waals surface area contributed by atoms with E-state index >= 15 is 0 Å². The SMILES string of the molecule is CC1(C)OC(=O)C(=CNc2ccc(-n3nc(C(=O)O)cc3-c3ccc4c(c3)OCO4)cc2)C(=O)O1. The smallest absolute Gasteiger partial charge is 0.356 e. The van der Waals surface area contributed by atoms with Crippen molar-refractivity contribution in [3.05, 3.63) is 66.0 Å². The number of carbonyl (C=O) groups excluding carboxylic acids is 2. The van der Waals surface area contributed by atoms with E-state index in [0.29, 0.717) is 34.1 Å². The minimum Gasteiger partial charge on any atom is -0.476 e. The molecule has 5 rings (SSSR count). The summed E-state index contributed by atoms with van der Waals surface area (Å²) in [5.41, 5.74) is 1.99. The van der Waals surface area contributed by atoms with Gasteiger partial charge in [-0.25, -0.2) is 19.1 Å². The van der Waals surface area contributed by atoms with Crippen molar-refractivity contribution < 1.29 is 38.4 Å². The molecule has 3 heterocycles. The third-order valence-corrected chi connectivity index (χ3v) is 5.21. The number of carboxylic acid groups (broad SMARTS) is 1. The Balaban J connectivity index is 1.42. The summed E-state index contributed by atoms with van der Waals surface area (Å²) in [6.07, 6.45) is 1.21. The van der Waals surface area contributed by atoms with E-state index in [2.05, 4.69) is 10.4 Å². The Labute approximate surface area is 198 Å². The van der Waals surface area contributed by atoms with E-state index in [9.17, 15) is 19.5 Å². The fourth-order valence-electron chi connectivity index (χ4n) is 3.58. The Morgan fingerprint density at radius 1 is 1.03 bits per heavy atom. The van der Waals surface area contributed by atoms with Gasteiger partial charge in [0.2, 0.25) is 6.79 Å². The number of carboxylic acids is 1. The van der Waals surface area contributed by atoms with Crippen molar-refractivity contribution in [2.75, 3.05) is 12.1 Å². The number of nitrogens with zero attached hydrogens (tertiary/aromatic N) is 2. The Bertz CT molecular complexity index is 1370. The number of hydrogen-bond acceptors (Lipinski definition) is 9. The number of esters is 2. The molecule has 0 spiro atoms. The van der Waals surface area contributed by atoms with Crippen LogP contribution in [0, 0.1) is 0 Å². The molecule has 1 aromatic heterocycles. The average molecular weight is 477 g/mol. The first-order valence-electron chi connectivity index (χ1n) is 10.5. The molecule has 0 amide bonds. The molecule has 0 saturated carbocycles. The first kappa shape index (κ1) is 22.0. The second-order valence-electron chi connectivity index (χ2n) is 8.13. The molecular weight excluding hydrogens is 458 g/mol. The predicted molar refractivity (Wildman–Crippen MR) is 120 cm³/mol. The summed E-state index contributed by atoms with van der Waals surface area (Å²) in [7, 11) is 0. The highest BCUT2D eigenvalue weighted by molar-refractivity contribution is 6.15. The molecule has 2 aliphatic rings. The number of ether oxygens (including phenoxy) is 4. The van der Waals surface area contributed by atoms with Crippen LogP contribution >= 0.6 is 0 Å². The molecule has 1 saturated heterocycles. The number of fused-ring (bicyclic) bond motifs is 1. The normalized spacial score (nSPS) is 15.9. The molecular formula is C24H19N3O8. The third-order valence-electron chi connectivity index (χ3n) is 5.21. The maximum absolute atomic E-state index is 12.1. The topological polar surface area (TPSA) is 138 Å². The summed E-state index contributed by atoms with van der Waals surface area (Å²) >= 11 is 0. The van der Waals surface area contributed by atoms with E-state index in [4.69, 9.17) is 18.9 Å². The largest absolute Gasteiger partial charge is 0.476 e. The van der Waals surface area contributed by atoms with Gasteiger partial charge >= 0.3 is 17.9 Å². The summed E-state index contributed by atoms with van der Waals surface area (Å²) in [6, 6.07) is 13.5. The average Bonchev–Trinajstić information content (AvgIpc) is 3.45. The lowest BCUT2D eigenvalue weighted by Gasteiger charge is -2.29. The van der Waals surface area contributed by atoms with Gasteiger partial charge in [-0.05, 0) is 48.5 Å². The van der Waals surface area contributed by atoms with Crippen LogP contribution in [0.2, 0.25) is 0 Å². The maximum Gasteiger partial charge on any atom is 0.356 e. The number of aromatic carboxylic acids is 1. The molecule has 2 aromatic carbocycles. The number of anilines is 1. The number of rotatable bonds is 5. The molecule has 2 N–H and O–H groups in total. The van der Waals surface area contributed by atoms with Crippen molar-refractivity contribution in [2.45, 2.75) is 19.6 Å². The van der Waals surface area contributed by atoms with Gasteiger partial charge in [0.15, 0.2) is 22.8 Å². The zero-order chi connectivity index (χ0) is 24.7. The van der Waals surface area contributed by atoms with Crippen molar-refractivity contribution in [1.29, 1.82) is 0 Å². The molecule has 35 heavy (non-hydrogen) atoms. The highest BCUT2D eigenvalue weighted by Crippen LogP contribution is 2.36. The van der Waals surface area contributed by atoms with E-state index in [-0.39, 0.29) is 18.1 Å². The predicted octanol–water partition coefficient (Wildman–Crippen LogP) is 3.10. The number of hydrogen-bond donors (Lipinski definition) is 2. The fourth-order valence-corrected chi connectivity index (χ4v) is 3.58. The van der Waals surface area contributed by atoms with Gasteiger partial charge in [0.05, 0.1) is 11.4 Å². The Hall–Kier alpha value is -4.80. The molecule has 178 valence electrons. The summed E-state index contributed by atoms with van der Waals surface area (Å²) in [5.74, 6) is -2.89. The Morgan fingerprint density at radius 2 is 1.71 bits per heavy atom. The van der Waals surface area contributed by atoms with Crippen LogP contribution < -0.4 is 14.8 Å². The number of cyclic esters (lactones) is 2. The molecule has 3 aromatic rings. The van der Waals surface area contributed by atoms with Gasteiger partial charge in [0.1, 0.15) is 0 Å². The maximum atomic E-state index is 12.1. The second kappa shape index (κ2) is 8.20. The van der Waals surface area contributed by atoms with E-state index in [1.54, 1.807) is 42.5 Å². The van der Waals surface area contributed by atoms with Crippen LogP contribution in [0.4, 0.5) is 5.69 Å². The number of carbonyl (C=O) groups is 3. The minimum atomic E-state index is -1.32. The van der Waals surface area contributed by atoms with Gasteiger partial charge in [0, 0.05) is 31.3 Å². The molecule has 2 aliphatic heterocycles. The monoisotopic (exact) mass is 477 g/mol. The van der Waals surface area contributed by atoms with Gasteiger partial charge in [-0.1, -0.05) is 0 Å². The number of aromatic nitrogens is 2. The highest BCUT2D eigenvalue weighted by Gasteiger charge is 2.38. The van der Waals surface area contributed by atoms with Crippen molar-refractivity contribution in [3.63, 3.8) is 0 Å². The van der Waals surface area contributed by atoms with Gasteiger partial charge in [-0.15, -0.1) is 0 Å². The molecule has 11 heteroatoms. The van der Waals surface area contributed by atoms with Crippen LogP contribution in [0.5, 0.6) is 11.5 Å². The molecule has 0 aliphatic carbocycles. The van der Waals surface area contributed by atoms with Crippen LogP contribution in [-0.4, -0.2) is 45.4 Å². The number of benzene rings is 2. The van der Waals surface area contributed by atoms with E-state index in [1.807, 2.05) is 0 Å². The minimum absolute atomic E-state index is 0.121.